The summed E-state index contributed by atoms with van der Waals surface area (Å²) in [7, 11) is 0. The molecule has 5 nitrogen and oxygen atoms in total. The van der Waals surface area contributed by atoms with E-state index in [2.05, 4.69) is 26.1 Å². The first-order chi connectivity index (χ1) is 16.7. The van der Waals surface area contributed by atoms with E-state index >= 15 is 0 Å². The first-order valence-corrected chi connectivity index (χ1v) is 15.0. The van der Waals surface area contributed by atoms with E-state index < -0.39 is 0 Å². The quantitative estimate of drug-likeness (QED) is 0.533. The van der Waals surface area contributed by atoms with E-state index in [4.69, 9.17) is 0 Å². The summed E-state index contributed by atoms with van der Waals surface area (Å²) in [5.74, 6) is 1.82. The number of rotatable bonds is 6. The Labute approximate surface area is 209 Å². The lowest BCUT2D eigenvalue weighted by Gasteiger charge is -2.44. The molecule has 2 unspecified atom stereocenters. The Morgan fingerprint density at radius 3 is 2.44 bits per heavy atom. The van der Waals surface area contributed by atoms with Crippen LogP contribution in [0.3, 0.4) is 0 Å². The number of likely N-dealkylation sites (tertiary alicyclic amines) is 3. The van der Waals surface area contributed by atoms with Gasteiger partial charge in [-0.05, 0) is 95.3 Å². The highest BCUT2D eigenvalue weighted by atomic mass is 32.1. The summed E-state index contributed by atoms with van der Waals surface area (Å²) in [4.78, 5) is 34.3. The van der Waals surface area contributed by atoms with Crippen molar-refractivity contribution < 1.29 is 9.59 Å². The van der Waals surface area contributed by atoms with Crippen molar-refractivity contribution in [2.45, 2.75) is 95.4 Å². The summed E-state index contributed by atoms with van der Waals surface area (Å²) in [6.07, 6.45) is 15.3. The minimum atomic E-state index is 0.264. The lowest BCUT2D eigenvalue weighted by molar-refractivity contribution is -0.132. The Bertz CT molecular complexity index is 823. The molecule has 0 radical (unpaired) electrons. The van der Waals surface area contributed by atoms with Crippen LogP contribution in [0.5, 0.6) is 0 Å². The van der Waals surface area contributed by atoms with Gasteiger partial charge in [0.1, 0.15) is 0 Å². The molecule has 1 saturated carbocycles. The van der Waals surface area contributed by atoms with Crippen LogP contribution in [0.4, 0.5) is 0 Å². The number of hydrogen-bond donors (Lipinski definition) is 0. The maximum atomic E-state index is 13.4. The van der Waals surface area contributed by atoms with Gasteiger partial charge in [-0.15, -0.1) is 11.3 Å². The molecule has 34 heavy (non-hydrogen) atoms. The number of piperidine rings is 3. The van der Waals surface area contributed by atoms with Gasteiger partial charge < -0.3 is 14.7 Å². The monoisotopic (exact) mass is 485 g/mol. The van der Waals surface area contributed by atoms with Crippen LogP contribution in [0, 0.1) is 5.92 Å². The van der Waals surface area contributed by atoms with Crippen molar-refractivity contribution in [2.75, 3.05) is 39.3 Å². The van der Waals surface area contributed by atoms with Crippen LogP contribution >= 0.6 is 11.3 Å². The summed E-state index contributed by atoms with van der Waals surface area (Å²) in [5.41, 5.74) is 0.905. The van der Waals surface area contributed by atoms with E-state index in [1.807, 2.05) is 0 Å². The molecule has 5 rings (SSSR count). The highest BCUT2D eigenvalue weighted by molar-refractivity contribution is 7.10. The zero-order valence-corrected chi connectivity index (χ0v) is 21.7. The fourth-order valence-corrected chi connectivity index (χ4v) is 7.99. The van der Waals surface area contributed by atoms with Crippen LogP contribution in [0.2, 0.25) is 0 Å². The minimum Gasteiger partial charge on any atom is -0.343 e. The van der Waals surface area contributed by atoms with Gasteiger partial charge in [-0.25, -0.2) is 0 Å². The van der Waals surface area contributed by atoms with Crippen molar-refractivity contribution in [3.8, 4) is 0 Å². The molecule has 0 spiro atoms. The van der Waals surface area contributed by atoms with E-state index in [0.717, 1.165) is 63.3 Å². The molecule has 3 saturated heterocycles. The van der Waals surface area contributed by atoms with Crippen LogP contribution in [0.25, 0.3) is 0 Å². The fourth-order valence-electron chi connectivity index (χ4n) is 6.93. The molecule has 188 valence electrons. The first-order valence-electron chi connectivity index (χ1n) is 14.1. The van der Waals surface area contributed by atoms with E-state index in [1.54, 1.807) is 11.3 Å². The Balaban J connectivity index is 1.09. The molecule has 0 aromatic carbocycles. The standard InChI is InChI=1S/C28H43N3O2S/c32-27(11-7-16-29-14-4-1-5-15-29)30-18-12-23(13-19-30)26-20-24(21-34-26)28(33)31-17-6-9-22-8-2-3-10-25(22)31/h20-23,25H,1-19H2. The van der Waals surface area contributed by atoms with Gasteiger partial charge in [-0.1, -0.05) is 19.3 Å². The predicted octanol–water partition coefficient (Wildman–Crippen LogP) is 5.52. The molecule has 2 atom stereocenters. The molecule has 4 aliphatic rings. The van der Waals surface area contributed by atoms with Crippen LogP contribution in [0.15, 0.2) is 11.4 Å². The van der Waals surface area contributed by atoms with Crippen molar-refractivity contribution in [1.82, 2.24) is 14.7 Å². The Morgan fingerprint density at radius 2 is 1.62 bits per heavy atom. The molecular formula is C28H43N3O2S. The Hall–Kier alpha value is -1.40. The molecule has 1 aromatic rings. The third kappa shape index (κ3) is 5.70. The van der Waals surface area contributed by atoms with Crippen molar-refractivity contribution in [3.63, 3.8) is 0 Å². The Kier molecular flexibility index (Phi) is 8.26. The number of hydrogen-bond acceptors (Lipinski definition) is 4. The number of nitrogens with zero attached hydrogens (tertiary/aromatic N) is 3. The summed E-state index contributed by atoms with van der Waals surface area (Å²) >= 11 is 1.76. The number of carbonyl (C=O) groups excluding carboxylic acids is 2. The molecule has 0 N–H and O–H groups in total. The molecule has 1 aliphatic carbocycles. The first kappa shape index (κ1) is 24.3. The molecule has 4 fully saturated rings. The SMILES string of the molecule is O=C(CCCN1CCCCC1)N1CCC(c2cc(C(=O)N3CCCC4CCCCC43)cs2)CC1. The maximum absolute atomic E-state index is 13.4. The van der Waals surface area contributed by atoms with Gasteiger partial charge in [0.15, 0.2) is 0 Å². The van der Waals surface area contributed by atoms with Gasteiger partial charge in [-0.2, -0.15) is 0 Å². The second kappa shape index (κ2) is 11.6. The van der Waals surface area contributed by atoms with Crippen LogP contribution in [0.1, 0.15) is 105 Å². The second-order valence-electron chi connectivity index (χ2n) is 11.2. The topological polar surface area (TPSA) is 43.9 Å². The summed E-state index contributed by atoms with van der Waals surface area (Å²) in [6, 6.07) is 2.66. The zero-order chi connectivity index (χ0) is 23.3. The largest absolute Gasteiger partial charge is 0.343 e. The van der Waals surface area contributed by atoms with E-state index in [1.165, 1.54) is 69.3 Å². The van der Waals surface area contributed by atoms with E-state index in [0.29, 0.717) is 24.3 Å². The van der Waals surface area contributed by atoms with Crippen LogP contribution < -0.4 is 0 Å². The number of carbonyl (C=O) groups is 2. The third-order valence-electron chi connectivity index (χ3n) is 8.93. The highest BCUT2D eigenvalue weighted by Crippen LogP contribution is 2.37. The number of fused-ring (bicyclic) bond motifs is 1. The fraction of sp³-hybridized carbons (Fsp3) is 0.786. The summed E-state index contributed by atoms with van der Waals surface area (Å²) < 4.78 is 0. The smallest absolute Gasteiger partial charge is 0.254 e. The molecule has 6 heteroatoms. The average molecular weight is 486 g/mol. The summed E-state index contributed by atoms with van der Waals surface area (Å²) in [6.45, 7) is 6.17. The number of amides is 2. The van der Waals surface area contributed by atoms with Gasteiger partial charge in [0, 0.05) is 42.4 Å². The van der Waals surface area contributed by atoms with Crippen molar-refractivity contribution in [2.24, 2.45) is 5.92 Å². The van der Waals surface area contributed by atoms with Gasteiger partial charge in [-0.3, -0.25) is 9.59 Å². The van der Waals surface area contributed by atoms with E-state index in [-0.39, 0.29) is 5.91 Å². The van der Waals surface area contributed by atoms with E-state index in [9.17, 15) is 9.59 Å². The molecule has 1 aromatic heterocycles. The molecule has 2 amide bonds. The highest BCUT2D eigenvalue weighted by Gasteiger charge is 2.36. The van der Waals surface area contributed by atoms with Gasteiger partial charge in [0.05, 0.1) is 5.56 Å². The molecule has 0 bridgehead atoms. The van der Waals surface area contributed by atoms with Crippen molar-refractivity contribution in [1.29, 1.82) is 0 Å². The predicted molar refractivity (Wildman–Crippen MR) is 138 cm³/mol. The molecule has 3 aliphatic heterocycles. The lowest BCUT2D eigenvalue weighted by Crippen LogP contribution is -2.49. The minimum absolute atomic E-state index is 0.264. The zero-order valence-electron chi connectivity index (χ0n) is 20.9. The van der Waals surface area contributed by atoms with Gasteiger partial charge in [0.2, 0.25) is 5.91 Å². The maximum Gasteiger partial charge on any atom is 0.254 e. The average Bonchev–Trinajstić information content (AvgIpc) is 3.39. The normalized spacial score (nSPS) is 26.9. The van der Waals surface area contributed by atoms with Crippen LogP contribution in [-0.2, 0) is 4.79 Å². The number of thiophene rings is 1. The van der Waals surface area contributed by atoms with Crippen molar-refractivity contribution in [3.05, 3.63) is 21.9 Å². The Morgan fingerprint density at radius 1 is 0.853 bits per heavy atom. The van der Waals surface area contributed by atoms with Crippen LogP contribution in [-0.4, -0.2) is 71.8 Å². The third-order valence-corrected chi connectivity index (χ3v) is 10.0. The van der Waals surface area contributed by atoms with Gasteiger partial charge >= 0.3 is 0 Å². The van der Waals surface area contributed by atoms with Crippen molar-refractivity contribution >= 4 is 23.2 Å². The molecular weight excluding hydrogens is 442 g/mol. The second-order valence-corrected chi connectivity index (χ2v) is 12.1. The van der Waals surface area contributed by atoms with Gasteiger partial charge in [0.25, 0.3) is 5.91 Å². The molecule has 4 heterocycles. The summed E-state index contributed by atoms with van der Waals surface area (Å²) in [5, 5.41) is 2.10. The lowest BCUT2D eigenvalue weighted by atomic mass is 9.78.